The molecule has 1 aromatic heterocycles. The van der Waals surface area contributed by atoms with Crippen LogP contribution in [0.1, 0.15) is 35.9 Å². The van der Waals surface area contributed by atoms with Crippen LogP contribution in [0, 0.1) is 0 Å². The molecule has 2 heterocycles. The Morgan fingerprint density at radius 2 is 1.88 bits per heavy atom. The third-order valence-electron chi connectivity index (χ3n) is 4.92. The van der Waals surface area contributed by atoms with Gasteiger partial charge < -0.3 is 14.2 Å². The predicted molar refractivity (Wildman–Crippen MR) is 102 cm³/mol. The van der Waals surface area contributed by atoms with E-state index in [9.17, 15) is 4.79 Å². The zero-order valence-corrected chi connectivity index (χ0v) is 15.9. The normalized spacial score (nSPS) is 15.5. The van der Waals surface area contributed by atoms with Crippen LogP contribution in [0.3, 0.4) is 0 Å². The smallest absolute Gasteiger partial charge is 0.257 e. The third kappa shape index (κ3) is 4.07. The van der Waals surface area contributed by atoms with Gasteiger partial charge in [-0.1, -0.05) is 26.0 Å². The second-order valence-corrected chi connectivity index (χ2v) is 6.97. The zero-order chi connectivity index (χ0) is 18.5. The van der Waals surface area contributed by atoms with E-state index in [0.29, 0.717) is 17.2 Å². The molecular weight excluding hydrogens is 328 g/mol. The molecule has 0 aliphatic carbocycles. The summed E-state index contributed by atoms with van der Waals surface area (Å²) in [6.45, 7) is 9.54. The van der Waals surface area contributed by atoms with Gasteiger partial charge in [-0.2, -0.15) is 0 Å². The summed E-state index contributed by atoms with van der Waals surface area (Å²) in [5, 5.41) is 0. The Labute approximate surface area is 155 Å². The van der Waals surface area contributed by atoms with Crippen molar-refractivity contribution in [2.45, 2.75) is 26.3 Å². The number of piperazine rings is 1. The number of aromatic nitrogens is 2. The van der Waals surface area contributed by atoms with Gasteiger partial charge in [-0.25, -0.2) is 4.98 Å². The second-order valence-electron chi connectivity index (χ2n) is 6.97. The number of hydrogen-bond acceptors (Lipinski definition) is 4. The van der Waals surface area contributed by atoms with Crippen LogP contribution in [0.5, 0.6) is 5.75 Å². The minimum absolute atomic E-state index is 0.0544. The summed E-state index contributed by atoms with van der Waals surface area (Å²) in [6, 6.07) is 7.43. The van der Waals surface area contributed by atoms with Gasteiger partial charge in [0.05, 0.1) is 12.7 Å². The standard InChI is InChI=1S/C20H28N4O2/c1-16(2)19-21-8-9-23(19)13-10-22-11-14-24(15-12-22)20(25)17-6-4-5-7-18(17)26-3/h4-9,16H,10-15H2,1-3H3. The van der Waals surface area contributed by atoms with E-state index in [-0.39, 0.29) is 5.91 Å². The fraction of sp³-hybridized carbons (Fsp3) is 0.500. The molecule has 2 aromatic rings. The van der Waals surface area contributed by atoms with Crippen LogP contribution < -0.4 is 4.74 Å². The summed E-state index contributed by atoms with van der Waals surface area (Å²) >= 11 is 0. The maximum atomic E-state index is 12.8. The van der Waals surface area contributed by atoms with Crippen LogP contribution in [0.25, 0.3) is 0 Å². The second kappa shape index (κ2) is 8.36. The van der Waals surface area contributed by atoms with E-state index in [1.807, 2.05) is 35.4 Å². The molecule has 0 saturated carbocycles. The fourth-order valence-electron chi connectivity index (χ4n) is 3.43. The number of ether oxygens (including phenoxy) is 1. The molecule has 26 heavy (non-hydrogen) atoms. The summed E-state index contributed by atoms with van der Waals surface area (Å²) in [7, 11) is 1.60. The fourth-order valence-corrected chi connectivity index (χ4v) is 3.43. The molecule has 1 aliphatic rings. The Hall–Kier alpha value is -2.34. The van der Waals surface area contributed by atoms with E-state index in [0.717, 1.165) is 45.1 Å². The minimum atomic E-state index is 0.0544. The molecule has 0 atom stereocenters. The SMILES string of the molecule is COc1ccccc1C(=O)N1CCN(CCn2ccnc2C(C)C)CC1. The average molecular weight is 356 g/mol. The molecule has 0 spiro atoms. The molecule has 1 aromatic carbocycles. The van der Waals surface area contributed by atoms with E-state index >= 15 is 0 Å². The summed E-state index contributed by atoms with van der Waals surface area (Å²) in [5.74, 6) is 2.26. The van der Waals surface area contributed by atoms with Gasteiger partial charge in [-0.05, 0) is 12.1 Å². The Morgan fingerprint density at radius 3 is 2.58 bits per heavy atom. The van der Waals surface area contributed by atoms with E-state index in [4.69, 9.17) is 4.74 Å². The molecule has 0 radical (unpaired) electrons. The third-order valence-corrected chi connectivity index (χ3v) is 4.92. The maximum absolute atomic E-state index is 12.8. The molecule has 1 fully saturated rings. The number of rotatable bonds is 6. The first kappa shape index (κ1) is 18.5. The Kier molecular flexibility index (Phi) is 5.93. The topological polar surface area (TPSA) is 50.6 Å². The molecule has 6 nitrogen and oxygen atoms in total. The highest BCUT2D eigenvalue weighted by molar-refractivity contribution is 5.97. The number of carbonyl (C=O) groups is 1. The first-order valence-corrected chi connectivity index (χ1v) is 9.26. The number of nitrogens with zero attached hydrogens (tertiary/aromatic N) is 4. The first-order chi connectivity index (χ1) is 12.6. The summed E-state index contributed by atoms with van der Waals surface area (Å²) in [5.41, 5.74) is 0.642. The van der Waals surface area contributed by atoms with Crippen LogP contribution in [-0.4, -0.2) is 65.1 Å². The number of imidazole rings is 1. The largest absolute Gasteiger partial charge is 0.496 e. The van der Waals surface area contributed by atoms with Crippen molar-refractivity contribution in [3.05, 3.63) is 48.0 Å². The van der Waals surface area contributed by atoms with Crippen molar-refractivity contribution in [1.29, 1.82) is 0 Å². The van der Waals surface area contributed by atoms with E-state index in [2.05, 4.69) is 34.5 Å². The summed E-state index contributed by atoms with van der Waals surface area (Å²) < 4.78 is 7.56. The summed E-state index contributed by atoms with van der Waals surface area (Å²) in [4.78, 5) is 21.5. The maximum Gasteiger partial charge on any atom is 0.257 e. The highest BCUT2D eigenvalue weighted by Gasteiger charge is 2.24. The van der Waals surface area contributed by atoms with Crippen LogP contribution in [-0.2, 0) is 6.54 Å². The van der Waals surface area contributed by atoms with Crippen LogP contribution in [0.15, 0.2) is 36.7 Å². The zero-order valence-electron chi connectivity index (χ0n) is 15.9. The molecule has 0 bridgehead atoms. The van der Waals surface area contributed by atoms with Crippen molar-refractivity contribution in [3.8, 4) is 5.75 Å². The lowest BCUT2D eigenvalue weighted by atomic mass is 10.1. The van der Waals surface area contributed by atoms with Gasteiger partial charge in [0.2, 0.25) is 0 Å². The van der Waals surface area contributed by atoms with Gasteiger partial charge >= 0.3 is 0 Å². The number of hydrogen-bond donors (Lipinski definition) is 0. The molecule has 1 aliphatic heterocycles. The number of methoxy groups -OCH3 is 1. The van der Waals surface area contributed by atoms with Crippen molar-refractivity contribution in [3.63, 3.8) is 0 Å². The van der Waals surface area contributed by atoms with Crippen LogP contribution >= 0.6 is 0 Å². The lowest BCUT2D eigenvalue weighted by Crippen LogP contribution is -2.49. The monoisotopic (exact) mass is 356 g/mol. The molecular formula is C20H28N4O2. The van der Waals surface area contributed by atoms with E-state index in [1.54, 1.807) is 7.11 Å². The van der Waals surface area contributed by atoms with Gasteiger partial charge in [-0.3, -0.25) is 9.69 Å². The van der Waals surface area contributed by atoms with Crippen LogP contribution in [0.4, 0.5) is 0 Å². The van der Waals surface area contributed by atoms with Crippen molar-refractivity contribution in [2.75, 3.05) is 39.8 Å². The van der Waals surface area contributed by atoms with Gasteiger partial charge in [0.15, 0.2) is 0 Å². The Morgan fingerprint density at radius 1 is 1.15 bits per heavy atom. The molecule has 0 unspecified atom stereocenters. The number of benzene rings is 1. The summed E-state index contributed by atoms with van der Waals surface area (Å²) in [6.07, 6.45) is 3.93. The lowest BCUT2D eigenvalue weighted by molar-refractivity contribution is 0.0629. The van der Waals surface area contributed by atoms with Crippen molar-refractivity contribution >= 4 is 5.91 Å². The Bertz CT molecular complexity index is 733. The molecule has 0 N–H and O–H groups in total. The number of para-hydroxylation sites is 1. The van der Waals surface area contributed by atoms with E-state index in [1.165, 1.54) is 0 Å². The average Bonchev–Trinajstić information content (AvgIpc) is 3.15. The molecule has 1 saturated heterocycles. The lowest BCUT2D eigenvalue weighted by Gasteiger charge is -2.35. The van der Waals surface area contributed by atoms with Crippen molar-refractivity contribution in [1.82, 2.24) is 19.4 Å². The molecule has 6 heteroatoms. The van der Waals surface area contributed by atoms with Gasteiger partial charge in [0, 0.05) is 57.6 Å². The van der Waals surface area contributed by atoms with Gasteiger partial charge in [-0.15, -0.1) is 0 Å². The van der Waals surface area contributed by atoms with Gasteiger partial charge in [0.25, 0.3) is 5.91 Å². The van der Waals surface area contributed by atoms with Crippen molar-refractivity contribution < 1.29 is 9.53 Å². The highest BCUT2D eigenvalue weighted by atomic mass is 16.5. The number of amides is 1. The van der Waals surface area contributed by atoms with Crippen LogP contribution in [0.2, 0.25) is 0 Å². The van der Waals surface area contributed by atoms with Crippen molar-refractivity contribution in [2.24, 2.45) is 0 Å². The first-order valence-electron chi connectivity index (χ1n) is 9.26. The minimum Gasteiger partial charge on any atom is -0.496 e. The Balaban J connectivity index is 1.52. The van der Waals surface area contributed by atoms with Gasteiger partial charge in [0.1, 0.15) is 11.6 Å². The molecule has 1 amide bonds. The van der Waals surface area contributed by atoms with E-state index < -0.39 is 0 Å². The number of carbonyl (C=O) groups excluding carboxylic acids is 1. The highest BCUT2D eigenvalue weighted by Crippen LogP contribution is 2.20. The molecule has 140 valence electrons. The predicted octanol–water partition coefficient (Wildman–Crippen LogP) is 2.47. The quantitative estimate of drug-likeness (QED) is 0.798. The molecule has 3 rings (SSSR count).